The summed E-state index contributed by atoms with van der Waals surface area (Å²) in [5.74, 6) is 1.14. The maximum atomic E-state index is 13.0. The van der Waals surface area contributed by atoms with Crippen LogP contribution < -0.4 is 15.0 Å². The molecule has 1 aliphatic rings. The molecule has 1 saturated heterocycles. The molecule has 1 aliphatic heterocycles. The van der Waals surface area contributed by atoms with E-state index < -0.39 is 11.7 Å². The predicted molar refractivity (Wildman–Crippen MR) is 103 cm³/mol. The lowest BCUT2D eigenvalue weighted by Crippen LogP contribution is -2.46. The minimum atomic E-state index is -0.510. The van der Waals surface area contributed by atoms with Crippen LogP contribution in [0.25, 0.3) is 0 Å². The number of aromatic nitrogens is 2. The molecule has 0 spiro atoms. The van der Waals surface area contributed by atoms with Gasteiger partial charge < -0.3 is 19.7 Å². The lowest BCUT2D eigenvalue weighted by atomic mass is 10.1. The Bertz CT molecular complexity index is 800. The standard InChI is InChI=1S/C20H25FN4O3/c1-20(2,3)28-19(26)23-15-9-12-25(13-10-15)18-22-11-8-17(24-18)27-16-6-4-14(21)5-7-16/h4-8,11,15H,9-10,12-13H2,1-3H3,(H,23,26). The number of nitrogens with one attached hydrogen (secondary N) is 1. The van der Waals surface area contributed by atoms with Gasteiger partial charge in [0.2, 0.25) is 11.8 Å². The van der Waals surface area contributed by atoms with E-state index in [2.05, 4.69) is 15.3 Å². The lowest BCUT2D eigenvalue weighted by Gasteiger charge is -2.32. The van der Waals surface area contributed by atoms with Crippen molar-refractivity contribution in [3.63, 3.8) is 0 Å². The number of hydrogen-bond donors (Lipinski definition) is 1. The summed E-state index contributed by atoms with van der Waals surface area (Å²) in [5.41, 5.74) is -0.510. The SMILES string of the molecule is CC(C)(C)OC(=O)NC1CCN(c2nccc(Oc3ccc(F)cc3)n2)CC1. The van der Waals surface area contributed by atoms with Crippen LogP contribution in [-0.2, 0) is 4.74 Å². The van der Waals surface area contributed by atoms with E-state index in [1.165, 1.54) is 12.1 Å². The van der Waals surface area contributed by atoms with Gasteiger partial charge in [-0.05, 0) is 57.9 Å². The number of nitrogens with zero attached hydrogens (tertiary/aromatic N) is 3. The first-order valence-corrected chi connectivity index (χ1v) is 9.29. The van der Waals surface area contributed by atoms with Crippen LogP contribution in [0.4, 0.5) is 15.1 Å². The number of piperidine rings is 1. The number of ether oxygens (including phenoxy) is 2. The predicted octanol–water partition coefficient (Wildman–Crippen LogP) is 3.90. The Morgan fingerprint density at radius 2 is 1.86 bits per heavy atom. The third-order valence-electron chi connectivity index (χ3n) is 4.15. The molecule has 0 atom stereocenters. The molecule has 3 rings (SSSR count). The van der Waals surface area contributed by atoms with Crippen molar-refractivity contribution in [3.05, 3.63) is 42.3 Å². The number of halogens is 1. The minimum absolute atomic E-state index is 0.0600. The Morgan fingerprint density at radius 1 is 1.18 bits per heavy atom. The second-order valence-corrected chi connectivity index (χ2v) is 7.66. The Kier molecular flexibility index (Phi) is 5.96. The van der Waals surface area contributed by atoms with Crippen molar-refractivity contribution in [2.24, 2.45) is 0 Å². The zero-order chi connectivity index (χ0) is 20.1. The van der Waals surface area contributed by atoms with Crippen molar-refractivity contribution in [1.29, 1.82) is 0 Å². The van der Waals surface area contributed by atoms with Crippen LogP contribution in [0.1, 0.15) is 33.6 Å². The highest BCUT2D eigenvalue weighted by Gasteiger charge is 2.24. The molecule has 0 radical (unpaired) electrons. The molecular formula is C20H25FN4O3. The van der Waals surface area contributed by atoms with Gasteiger partial charge in [-0.15, -0.1) is 0 Å². The van der Waals surface area contributed by atoms with Crippen LogP contribution in [0.5, 0.6) is 11.6 Å². The van der Waals surface area contributed by atoms with Gasteiger partial charge in [-0.3, -0.25) is 0 Å². The van der Waals surface area contributed by atoms with Crippen molar-refractivity contribution in [2.45, 2.75) is 45.3 Å². The summed E-state index contributed by atoms with van der Waals surface area (Å²) in [6.45, 7) is 6.94. The fourth-order valence-electron chi connectivity index (χ4n) is 2.86. The maximum Gasteiger partial charge on any atom is 0.407 e. The molecular weight excluding hydrogens is 363 g/mol. The fourth-order valence-corrected chi connectivity index (χ4v) is 2.86. The molecule has 1 aromatic heterocycles. The van der Waals surface area contributed by atoms with Gasteiger partial charge in [-0.1, -0.05) is 0 Å². The molecule has 0 bridgehead atoms. The molecule has 2 aromatic rings. The number of carbonyl (C=O) groups is 1. The number of alkyl carbamates (subject to hydrolysis) is 1. The third kappa shape index (κ3) is 5.80. The molecule has 0 aliphatic carbocycles. The van der Waals surface area contributed by atoms with E-state index in [-0.39, 0.29) is 11.9 Å². The molecule has 0 unspecified atom stereocenters. The van der Waals surface area contributed by atoms with Gasteiger partial charge in [0.15, 0.2) is 0 Å². The molecule has 2 heterocycles. The van der Waals surface area contributed by atoms with E-state index in [1.54, 1.807) is 24.4 Å². The van der Waals surface area contributed by atoms with Crippen LogP contribution in [-0.4, -0.2) is 40.8 Å². The van der Waals surface area contributed by atoms with Gasteiger partial charge in [-0.2, -0.15) is 4.98 Å². The van der Waals surface area contributed by atoms with Gasteiger partial charge in [0.1, 0.15) is 17.2 Å². The zero-order valence-electron chi connectivity index (χ0n) is 16.3. The fraction of sp³-hybridized carbons (Fsp3) is 0.450. The molecule has 7 nitrogen and oxygen atoms in total. The number of amides is 1. The summed E-state index contributed by atoms with van der Waals surface area (Å²) in [4.78, 5) is 22.7. The number of hydrogen-bond acceptors (Lipinski definition) is 6. The minimum Gasteiger partial charge on any atom is -0.444 e. The Hall–Kier alpha value is -2.90. The second-order valence-electron chi connectivity index (χ2n) is 7.66. The average Bonchev–Trinajstić information content (AvgIpc) is 2.63. The van der Waals surface area contributed by atoms with E-state index in [0.717, 1.165) is 12.8 Å². The van der Waals surface area contributed by atoms with E-state index in [0.29, 0.717) is 30.7 Å². The maximum absolute atomic E-state index is 13.0. The van der Waals surface area contributed by atoms with Crippen molar-refractivity contribution in [3.8, 4) is 11.6 Å². The molecule has 8 heteroatoms. The highest BCUT2D eigenvalue weighted by molar-refractivity contribution is 5.68. The Labute approximate surface area is 163 Å². The summed E-state index contributed by atoms with van der Waals surface area (Å²) < 4.78 is 24.0. The average molecular weight is 388 g/mol. The number of rotatable bonds is 4. The van der Waals surface area contributed by atoms with Crippen molar-refractivity contribution in [2.75, 3.05) is 18.0 Å². The van der Waals surface area contributed by atoms with Crippen LogP contribution in [0.15, 0.2) is 36.5 Å². The molecule has 150 valence electrons. The normalized spacial score (nSPS) is 15.2. The third-order valence-corrected chi connectivity index (χ3v) is 4.15. The molecule has 0 saturated carbocycles. The van der Waals surface area contributed by atoms with E-state index in [4.69, 9.17) is 9.47 Å². The molecule has 1 N–H and O–H groups in total. The van der Waals surface area contributed by atoms with Crippen LogP contribution in [0, 0.1) is 5.82 Å². The molecule has 28 heavy (non-hydrogen) atoms. The van der Waals surface area contributed by atoms with Crippen LogP contribution >= 0.6 is 0 Å². The first kappa shape index (κ1) is 19.9. The summed E-state index contributed by atoms with van der Waals surface area (Å²) in [6.07, 6.45) is 2.78. The number of anilines is 1. The van der Waals surface area contributed by atoms with E-state index in [9.17, 15) is 9.18 Å². The van der Waals surface area contributed by atoms with E-state index in [1.807, 2.05) is 25.7 Å². The summed E-state index contributed by atoms with van der Waals surface area (Å²) in [7, 11) is 0. The molecule has 1 amide bonds. The Balaban J connectivity index is 1.54. The molecule has 1 fully saturated rings. The Morgan fingerprint density at radius 3 is 2.50 bits per heavy atom. The first-order chi connectivity index (χ1) is 13.3. The zero-order valence-corrected chi connectivity index (χ0v) is 16.3. The topological polar surface area (TPSA) is 76.6 Å². The van der Waals surface area contributed by atoms with Gasteiger partial charge >= 0.3 is 6.09 Å². The monoisotopic (exact) mass is 388 g/mol. The van der Waals surface area contributed by atoms with Crippen LogP contribution in [0.3, 0.4) is 0 Å². The van der Waals surface area contributed by atoms with Crippen molar-refractivity contribution >= 4 is 12.0 Å². The summed E-state index contributed by atoms with van der Waals surface area (Å²) in [5, 5.41) is 2.91. The van der Waals surface area contributed by atoms with Gasteiger partial charge in [0, 0.05) is 31.4 Å². The quantitative estimate of drug-likeness (QED) is 0.856. The van der Waals surface area contributed by atoms with Gasteiger partial charge in [-0.25, -0.2) is 14.2 Å². The lowest BCUT2D eigenvalue weighted by molar-refractivity contribution is 0.0497. The first-order valence-electron chi connectivity index (χ1n) is 9.29. The second kappa shape index (κ2) is 8.41. The van der Waals surface area contributed by atoms with Crippen molar-refractivity contribution < 1.29 is 18.7 Å². The summed E-state index contributed by atoms with van der Waals surface area (Å²) >= 11 is 0. The van der Waals surface area contributed by atoms with Crippen LogP contribution in [0.2, 0.25) is 0 Å². The smallest absolute Gasteiger partial charge is 0.407 e. The van der Waals surface area contributed by atoms with Gasteiger partial charge in [0.05, 0.1) is 0 Å². The summed E-state index contributed by atoms with van der Waals surface area (Å²) in [6, 6.07) is 7.48. The number of carbonyl (C=O) groups excluding carboxylic acids is 1. The highest BCUT2D eigenvalue weighted by atomic mass is 19.1. The largest absolute Gasteiger partial charge is 0.444 e. The van der Waals surface area contributed by atoms with Crippen molar-refractivity contribution in [1.82, 2.24) is 15.3 Å². The molecule has 1 aromatic carbocycles. The number of benzene rings is 1. The highest BCUT2D eigenvalue weighted by Crippen LogP contribution is 2.23. The van der Waals surface area contributed by atoms with Gasteiger partial charge in [0.25, 0.3) is 0 Å². The van der Waals surface area contributed by atoms with E-state index >= 15 is 0 Å².